The Hall–Kier alpha value is -2.46. The summed E-state index contributed by atoms with van der Waals surface area (Å²) in [7, 11) is 1.43. The number of hydrogen-bond donors (Lipinski definition) is 3. The summed E-state index contributed by atoms with van der Waals surface area (Å²) < 4.78 is 21.7. The Balaban J connectivity index is 1.65. The lowest BCUT2D eigenvalue weighted by Gasteiger charge is -2.40. The molecule has 1 aliphatic heterocycles. The van der Waals surface area contributed by atoms with Crippen LogP contribution in [0, 0.1) is 0 Å². The summed E-state index contributed by atoms with van der Waals surface area (Å²) in [6, 6.07) is 4.86. The number of nitrogens with one attached hydrogen (secondary N) is 1. The summed E-state index contributed by atoms with van der Waals surface area (Å²) in [6.07, 6.45) is -3.27. The molecule has 9 nitrogen and oxygen atoms in total. The van der Waals surface area contributed by atoms with Gasteiger partial charge in [0.15, 0.2) is 5.52 Å². The molecule has 3 heterocycles. The maximum absolute atomic E-state index is 12.0. The third-order valence-electron chi connectivity index (χ3n) is 4.56. The standard InChI is InChI=1S/C17H18N2O7/c1-7-15(23-2)13(20)14(21)17(24-7)25-8-3-4-9-10(5-8)26-16(22)12-11(9)18-6-19-12/h3-7,13-15,17,20-21H,1-2H3,(H,18,19)/t7?,13?,14?,15-,17-/m0/s1. The van der Waals surface area contributed by atoms with Crippen LogP contribution in [0.25, 0.3) is 22.0 Å². The van der Waals surface area contributed by atoms with Gasteiger partial charge in [0.2, 0.25) is 6.29 Å². The molecule has 0 radical (unpaired) electrons. The minimum atomic E-state index is -1.30. The molecule has 1 saturated heterocycles. The van der Waals surface area contributed by atoms with E-state index in [0.717, 1.165) is 0 Å². The molecular weight excluding hydrogens is 344 g/mol. The summed E-state index contributed by atoms with van der Waals surface area (Å²) >= 11 is 0. The molecule has 1 fully saturated rings. The Kier molecular flexibility index (Phi) is 4.16. The van der Waals surface area contributed by atoms with Crippen molar-refractivity contribution >= 4 is 22.0 Å². The Labute approximate surface area is 147 Å². The number of aliphatic hydroxyl groups is 2. The number of aromatic amines is 1. The van der Waals surface area contributed by atoms with Crippen molar-refractivity contribution in [2.45, 2.75) is 37.6 Å². The molecule has 3 unspecified atom stereocenters. The van der Waals surface area contributed by atoms with Crippen LogP contribution in [-0.2, 0) is 9.47 Å². The van der Waals surface area contributed by atoms with Gasteiger partial charge in [-0.15, -0.1) is 0 Å². The number of fused-ring (bicyclic) bond motifs is 3. The largest absolute Gasteiger partial charge is 0.462 e. The first-order chi connectivity index (χ1) is 12.5. The molecule has 26 heavy (non-hydrogen) atoms. The van der Waals surface area contributed by atoms with Gasteiger partial charge >= 0.3 is 5.63 Å². The predicted molar refractivity (Wildman–Crippen MR) is 89.9 cm³/mol. The van der Waals surface area contributed by atoms with Crippen LogP contribution in [0.2, 0.25) is 0 Å². The number of imidazole rings is 1. The number of H-pyrrole nitrogens is 1. The number of ether oxygens (including phenoxy) is 3. The molecule has 5 atom stereocenters. The van der Waals surface area contributed by atoms with Crippen molar-refractivity contribution in [1.29, 1.82) is 0 Å². The van der Waals surface area contributed by atoms with Crippen molar-refractivity contribution in [3.8, 4) is 5.75 Å². The summed E-state index contributed by atoms with van der Waals surface area (Å²) in [5.41, 5.74) is 0.548. The zero-order valence-electron chi connectivity index (χ0n) is 14.1. The van der Waals surface area contributed by atoms with Crippen molar-refractivity contribution < 1.29 is 28.8 Å². The molecule has 0 saturated carbocycles. The van der Waals surface area contributed by atoms with Gasteiger partial charge in [-0.1, -0.05) is 0 Å². The van der Waals surface area contributed by atoms with E-state index in [1.165, 1.54) is 19.5 Å². The molecule has 1 aliphatic rings. The van der Waals surface area contributed by atoms with Crippen LogP contribution >= 0.6 is 0 Å². The van der Waals surface area contributed by atoms with Crippen LogP contribution in [-0.4, -0.2) is 58.0 Å². The Morgan fingerprint density at radius 3 is 2.85 bits per heavy atom. The molecule has 0 aliphatic carbocycles. The van der Waals surface area contributed by atoms with Crippen molar-refractivity contribution in [2.24, 2.45) is 0 Å². The number of methoxy groups -OCH3 is 1. The average Bonchev–Trinajstić information content (AvgIpc) is 3.10. The van der Waals surface area contributed by atoms with Crippen molar-refractivity contribution in [3.63, 3.8) is 0 Å². The van der Waals surface area contributed by atoms with Crippen LogP contribution in [0.4, 0.5) is 0 Å². The molecule has 138 valence electrons. The quantitative estimate of drug-likeness (QED) is 0.576. The summed E-state index contributed by atoms with van der Waals surface area (Å²) in [5, 5.41) is 21.0. The van der Waals surface area contributed by atoms with Crippen LogP contribution in [0.1, 0.15) is 6.92 Å². The first-order valence-electron chi connectivity index (χ1n) is 8.10. The maximum Gasteiger partial charge on any atom is 0.362 e. The van der Waals surface area contributed by atoms with Gasteiger partial charge in [0.1, 0.15) is 35.2 Å². The number of benzene rings is 1. The molecule has 1 aromatic carbocycles. The number of nitrogens with zero attached hydrogens (tertiary/aromatic N) is 1. The number of aliphatic hydroxyl groups excluding tert-OH is 2. The lowest BCUT2D eigenvalue weighted by atomic mass is 10.00. The topological polar surface area (TPSA) is 127 Å². The Bertz CT molecular complexity index is 998. The normalized spacial score (nSPS) is 29.3. The van der Waals surface area contributed by atoms with E-state index in [1.54, 1.807) is 19.1 Å². The number of hydrogen-bond acceptors (Lipinski definition) is 8. The number of rotatable bonds is 3. The summed E-state index contributed by atoms with van der Waals surface area (Å²) in [5.74, 6) is 0.315. The second-order valence-electron chi connectivity index (χ2n) is 6.18. The average molecular weight is 362 g/mol. The van der Waals surface area contributed by atoms with Gasteiger partial charge in [-0.3, -0.25) is 0 Å². The van der Waals surface area contributed by atoms with Crippen LogP contribution in [0.5, 0.6) is 5.75 Å². The second-order valence-corrected chi connectivity index (χ2v) is 6.18. The fourth-order valence-corrected chi connectivity index (χ4v) is 3.23. The van der Waals surface area contributed by atoms with E-state index < -0.39 is 36.3 Å². The highest BCUT2D eigenvalue weighted by molar-refractivity contribution is 6.00. The fraction of sp³-hybridized carbons (Fsp3) is 0.412. The zero-order valence-corrected chi connectivity index (χ0v) is 14.1. The molecule has 0 spiro atoms. The Morgan fingerprint density at radius 1 is 1.27 bits per heavy atom. The predicted octanol–water partition coefficient (Wildman–Crippen LogP) is 0.530. The van der Waals surface area contributed by atoms with E-state index in [9.17, 15) is 15.0 Å². The molecule has 4 rings (SSSR count). The lowest BCUT2D eigenvalue weighted by Crippen LogP contribution is -2.58. The van der Waals surface area contributed by atoms with Crippen molar-refractivity contribution in [1.82, 2.24) is 9.97 Å². The fourth-order valence-electron chi connectivity index (χ4n) is 3.23. The molecule has 9 heteroatoms. The van der Waals surface area contributed by atoms with Gasteiger partial charge in [0, 0.05) is 18.6 Å². The highest BCUT2D eigenvalue weighted by Crippen LogP contribution is 2.28. The smallest absolute Gasteiger partial charge is 0.362 e. The van der Waals surface area contributed by atoms with E-state index in [1.807, 2.05) is 0 Å². The number of aromatic nitrogens is 2. The minimum absolute atomic E-state index is 0.291. The lowest BCUT2D eigenvalue weighted by molar-refractivity contribution is -0.272. The summed E-state index contributed by atoms with van der Waals surface area (Å²) in [4.78, 5) is 18.9. The molecular formula is C17H18N2O7. The summed E-state index contributed by atoms with van der Waals surface area (Å²) in [6.45, 7) is 1.72. The highest BCUT2D eigenvalue weighted by atomic mass is 16.7. The first-order valence-corrected chi connectivity index (χ1v) is 8.10. The third kappa shape index (κ3) is 2.65. The van der Waals surface area contributed by atoms with Crippen LogP contribution in [0.3, 0.4) is 0 Å². The minimum Gasteiger partial charge on any atom is -0.462 e. The molecule has 3 aromatic rings. The van der Waals surface area contributed by atoms with E-state index in [2.05, 4.69) is 9.97 Å². The van der Waals surface area contributed by atoms with Gasteiger partial charge in [0.05, 0.1) is 12.4 Å². The highest BCUT2D eigenvalue weighted by Gasteiger charge is 2.44. The molecule has 0 amide bonds. The van der Waals surface area contributed by atoms with Crippen molar-refractivity contribution in [3.05, 3.63) is 34.9 Å². The van der Waals surface area contributed by atoms with E-state index >= 15 is 0 Å². The van der Waals surface area contributed by atoms with E-state index in [-0.39, 0.29) is 0 Å². The van der Waals surface area contributed by atoms with E-state index in [4.69, 9.17) is 18.6 Å². The second kappa shape index (κ2) is 6.36. The zero-order chi connectivity index (χ0) is 18.4. The van der Waals surface area contributed by atoms with Gasteiger partial charge in [0.25, 0.3) is 0 Å². The van der Waals surface area contributed by atoms with Crippen molar-refractivity contribution in [2.75, 3.05) is 7.11 Å². The van der Waals surface area contributed by atoms with Gasteiger partial charge in [-0.2, -0.15) is 0 Å². The monoisotopic (exact) mass is 362 g/mol. The Morgan fingerprint density at radius 2 is 2.08 bits per heavy atom. The van der Waals surface area contributed by atoms with Crippen LogP contribution < -0.4 is 10.4 Å². The van der Waals surface area contributed by atoms with Gasteiger partial charge < -0.3 is 33.8 Å². The van der Waals surface area contributed by atoms with E-state index in [0.29, 0.717) is 27.8 Å². The van der Waals surface area contributed by atoms with Gasteiger partial charge in [-0.05, 0) is 19.1 Å². The first kappa shape index (κ1) is 17.0. The SMILES string of the molecule is CO[C@H]1C(C)O[C@@H](Oc2ccc3c(c2)oc(=O)c2[nH]cnc23)C(O)C1O. The molecule has 0 bridgehead atoms. The molecule has 2 aromatic heterocycles. The van der Waals surface area contributed by atoms with Gasteiger partial charge in [-0.25, -0.2) is 9.78 Å². The maximum atomic E-state index is 12.0. The third-order valence-corrected chi connectivity index (χ3v) is 4.56. The van der Waals surface area contributed by atoms with Crippen LogP contribution in [0.15, 0.2) is 33.7 Å². The molecule has 3 N–H and O–H groups in total.